The molecule has 0 aromatic rings. The second-order valence-corrected chi connectivity index (χ2v) is 4.85. The first kappa shape index (κ1) is 14.5. The molecule has 0 aromatic heterocycles. The molecule has 4 heteroatoms. The highest BCUT2D eigenvalue weighted by molar-refractivity contribution is 5.75. The number of amides is 1. The summed E-state index contributed by atoms with van der Waals surface area (Å²) in [6.07, 6.45) is 7.47. The molecule has 17 heavy (non-hydrogen) atoms. The van der Waals surface area contributed by atoms with Gasteiger partial charge in [-0.05, 0) is 19.8 Å². The molecule has 1 aliphatic carbocycles. The Hall–Kier alpha value is -0.610. The summed E-state index contributed by atoms with van der Waals surface area (Å²) in [6, 6.07) is 0. The van der Waals surface area contributed by atoms with Gasteiger partial charge < -0.3 is 15.8 Å². The Balaban J connectivity index is 2.32. The first-order chi connectivity index (χ1) is 8.22. The van der Waals surface area contributed by atoms with Gasteiger partial charge in [-0.2, -0.15) is 0 Å². The molecule has 4 nitrogen and oxygen atoms in total. The van der Waals surface area contributed by atoms with E-state index < -0.39 is 0 Å². The zero-order chi connectivity index (χ0) is 12.6. The topological polar surface area (TPSA) is 64.3 Å². The molecule has 1 saturated carbocycles. The minimum Gasteiger partial charge on any atom is -0.373 e. The molecule has 0 bridgehead atoms. The number of nitrogens with two attached hydrogens (primary N) is 1. The predicted molar refractivity (Wildman–Crippen MR) is 68.7 cm³/mol. The molecule has 0 atom stereocenters. The number of carbonyl (C=O) groups is 1. The van der Waals surface area contributed by atoms with Gasteiger partial charge >= 0.3 is 0 Å². The van der Waals surface area contributed by atoms with Crippen LogP contribution >= 0.6 is 0 Å². The minimum atomic E-state index is -0.164. The number of rotatable bonds is 6. The van der Waals surface area contributed by atoms with Gasteiger partial charge in [-0.3, -0.25) is 4.79 Å². The summed E-state index contributed by atoms with van der Waals surface area (Å²) in [4.78, 5) is 11.3. The first-order valence-electron chi connectivity index (χ1n) is 6.83. The van der Waals surface area contributed by atoms with Gasteiger partial charge in [0.15, 0.2) is 0 Å². The number of nitrogens with one attached hydrogen (secondary N) is 1. The molecule has 1 amide bonds. The van der Waals surface area contributed by atoms with Crippen molar-refractivity contribution < 1.29 is 9.53 Å². The fourth-order valence-electron chi connectivity index (χ4n) is 2.43. The predicted octanol–water partition coefficient (Wildman–Crippen LogP) is 1.58. The molecule has 0 unspecified atom stereocenters. The number of hydrogen-bond acceptors (Lipinski definition) is 3. The van der Waals surface area contributed by atoms with Gasteiger partial charge in [0.05, 0.1) is 12.2 Å². The quantitative estimate of drug-likeness (QED) is 0.695. The molecule has 3 N–H and O–H groups in total. The van der Waals surface area contributed by atoms with Crippen LogP contribution in [-0.4, -0.2) is 31.2 Å². The van der Waals surface area contributed by atoms with E-state index in [0.717, 1.165) is 12.8 Å². The van der Waals surface area contributed by atoms with E-state index in [1.54, 1.807) is 0 Å². The van der Waals surface area contributed by atoms with Gasteiger partial charge in [0.2, 0.25) is 5.91 Å². The molecule has 1 fully saturated rings. The third-order valence-electron chi connectivity index (χ3n) is 3.50. The molecule has 0 saturated heterocycles. The molecular weight excluding hydrogens is 216 g/mol. The summed E-state index contributed by atoms with van der Waals surface area (Å²) < 4.78 is 5.93. The van der Waals surface area contributed by atoms with Gasteiger partial charge in [-0.15, -0.1) is 0 Å². The third-order valence-corrected chi connectivity index (χ3v) is 3.50. The van der Waals surface area contributed by atoms with E-state index in [1.807, 2.05) is 6.92 Å². The van der Waals surface area contributed by atoms with Crippen LogP contribution in [0.25, 0.3) is 0 Å². The Labute approximate surface area is 104 Å². The standard InChI is InChI=1S/C13H26N2O2/c1-2-15-12(16)7-10-17-13(11-14)8-5-3-4-6-9-13/h2-11,14H2,1H3,(H,15,16). The van der Waals surface area contributed by atoms with Crippen LogP contribution in [0, 0.1) is 0 Å². The summed E-state index contributed by atoms with van der Waals surface area (Å²) in [6.45, 7) is 3.66. The van der Waals surface area contributed by atoms with Gasteiger partial charge in [0.1, 0.15) is 0 Å². The highest BCUT2D eigenvalue weighted by atomic mass is 16.5. The molecule has 100 valence electrons. The second kappa shape index (κ2) is 7.67. The summed E-state index contributed by atoms with van der Waals surface area (Å²) >= 11 is 0. The average Bonchev–Trinajstić information content (AvgIpc) is 2.56. The average molecular weight is 242 g/mol. The van der Waals surface area contributed by atoms with Crippen molar-refractivity contribution >= 4 is 5.91 Å². The highest BCUT2D eigenvalue weighted by Gasteiger charge is 2.30. The number of carbonyl (C=O) groups excluding carboxylic acids is 1. The van der Waals surface area contributed by atoms with Crippen molar-refractivity contribution in [3.8, 4) is 0 Å². The lowest BCUT2D eigenvalue weighted by Gasteiger charge is -2.31. The Morgan fingerprint density at radius 1 is 1.29 bits per heavy atom. The van der Waals surface area contributed by atoms with Gasteiger partial charge in [0, 0.05) is 19.5 Å². The van der Waals surface area contributed by atoms with E-state index in [-0.39, 0.29) is 11.5 Å². The molecule has 0 radical (unpaired) electrons. The van der Waals surface area contributed by atoms with Gasteiger partial charge in [-0.1, -0.05) is 25.7 Å². The maximum absolute atomic E-state index is 11.3. The maximum atomic E-state index is 11.3. The molecule has 0 aliphatic heterocycles. The summed E-state index contributed by atoms with van der Waals surface area (Å²) in [7, 11) is 0. The fourth-order valence-corrected chi connectivity index (χ4v) is 2.43. The first-order valence-corrected chi connectivity index (χ1v) is 6.83. The smallest absolute Gasteiger partial charge is 0.222 e. The van der Waals surface area contributed by atoms with E-state index >= 15 is 0 Å². The maximum Gasteiger partial charge on any atom is 0.222 e. The Kier molecular flexibility index (Phi) is 6.52. The Morgan fingerprint density at radius 3 is 2.47 bits per heavy atom. The van der Waals surface area contributed by atoms with E-state index in [1.165, 1.54) is 25.7 Å². The van der Waals surface area contributed by atoms with Crippen LogP contribution in [0.1, 0.15) is 51.9 Å². The van der Waals surface area contributed by atoms with E-state index in [0.29, 0.717) is 26.1 Å². The molecule has 0 aromatic carbocycles. The van der Waals surface area contributed by atoms with Crippen molar-refractivity contribution in [2.75, 3.05) is 19.7 Å². The summed E-state index contributed by atoms with van der Waals surface area (Å²) in [5.41, 5.74) is 5.69. The number of hydrogen-bond donors (Lipinski definition) is 2. The zero-order valence-corrected chi connectivity index (χ0v) is 11.0. The van der Waals surface area contributed by atoms with Crippen molar-refractivity contribution in [1.29, 1.82) is 0 Å². The fraction of sp³-hybridized carbons (Fsp3) is 0.923. The van der Waals surface area contributed by atoms with Crippen LogP contribution in [0.5, 0.6) is 0 Å². The monoisotopic (exact) mass is 242 g/mol. The van der Waals surface area contributed by atoms with Crippen LogP contribution in [0.4, 0.5) is 0 Å². The van der Waals surface area contributed by atoms with Gasteiger partial charge in [-0.25, -0.2) is 0 Å². The summed E-state index contributed by atoms with van der Waals surface area (Å²) in [5.74, 6) is 0.0632. The van der Waals surface area contributed by atoms with Crippen molar-refractivity contribution in [1.82, 2.24) is 5.32 Å². The number of ether oxygens (including phenoxy) is 1. The summed E-state index contributed by atoms with van der Waals surface area (Å²) in [5, 5.41) is 2.78. The normalized spacial score (nSPS) is 19.6. The lowest BCUT2D eigenvalue weighted by molar-refractivity contribution is -0.124. The lowest BCUT2D eigenvalue weighted by Crippen LogP contribution is -2.41. The van der Waals surface area contributed by atoms with Crippen molar-refractivity contribution in [2.24, 2.45) is 5.73 Å². The molecule has 0 spiro atoms. The van der Waals surface area contributed by atoms with Crippen LogP contribution in [0.3, 0.4) is 0 Å². The van der Waals surface area contributed by atoms with E-state index in [2.05, 4.69) is 5.32 Å². The minimum absolute atomic E-state index is 0.0632. The molecule has 1 rings (SSSR count). The largest absolute Gasteiger partial charge is 0.373 e. The van der Waals surface area contributed by atoms with E-state index in [9.17, 15) is 4.79 Å². The van der Waals surface area contributed by atoms with Crippen molar-refractivity contribution in [3.63, 3.8) is 0 Å². The second-order valence-electron chi connectivity index (χ2n) is 4.85. The van der Waals surface area contributed by atoms with Crippen LogP contribution in [-0.2, 0) is 9.53 Å². The third kappa shape index (κ3) is 5.04. The highest BCUT2D eigenvalue weighted by Crippen LogP contribution is 2.29. The molecule has 1 aliphatic rings. The zero-order valence-electron chi connectivity index (χ0n) is 11.0. The SMILES string of the molecule is CCNC(=O)CCOC1(CN)CCCCCC1. The van der Waals surface area contributed by atoms with Crippen LogP contribution < -0.4 is 11.1 Å². The van der Waals surface area contributed by atoms with E-state index in [4.69, 9.17) is 10.5 Å². The van der Waals surface area contributed by atoms with Crippen molar-refractivity contribution in [3.05, 3.63) is 0 Å². The van der Waals surface area contributed by atoms with Gasteiger partial charge in [0.25, 0.3) is 0 Å². The van der Waals surface area contributed by atoms with Crippen LogP contribution in [0.2, 0.25) is 0 Å². The molecule has 0 heterocycles. The molecular formula is C13H26N2O2. The van der Waals surface area contributed by atoms with Crippen molar-refractivity contribution in [2.45, 2.75) is 57.5 Å². The lowest BCUT2D eigenvalue weighted by atomic mass is 9.94. The van der Waals surface area contributed by atoms with Crippen LogP contribution in [0.15, 0.2) is 0 Å². The Bertz CT molecular complexity index is 223. The Morgan fingerprint density at radius 2 is 1.94 bits per heavy atom.